The molecule has 106 valence electrons. The minimum atomic E-state index is -0.145. The number of aromatic nitrogens is 1. The number of ether oxygens (including phenoxy) is 1. The molecule has 0 bridgehead atoms. The number of amides is 1. The van der Waals surface area contributed by atoms with Crippen LogP contribution in [-0.2, 0) is 4.79 Å². The van der Waals surface area contributed by atoms with Crippen molar-refractivity contribution in [3.63, 3.8) is 0 Å². The van der Waals surface area contributed by atoms with Gasteiger partial charge in [0, 0.05) is 16.9 Å². The van der Waals surface area contributed by atoms with E-state index in [2.05, 4.69) is 4.98 Å². The van der Waals surface area contributed by atoms with E-state index in [1.54, 1.807) is 31.3 Å². The lowest BCUT2D eigenvalue weighted by atomic mass is 10.3. The number of carbonyl (C=O) groups is 1. The number of carbonyl (C=O) groups excluding carboxylic acids is 1. The lowest BCUT2D eigenvalue weighted by Crippen LogP contribution is -2.31. The van der Waals surface area contributed by atoms with Crippen LogP contribution in [0.1, 0.15) is 10.6 Å². The van der Waals surface area contributed by atoms with E-state index >= 15 is 0 Å². The van der Waals surface area contributed by atoms with Crippen LogP contribution in [0.15, 0.2) is 24.3 Å². The van der Waals surface area contributed by atoms with Crippen LogP contribution in [0, 0.1) is 13.8 Å². The Balaban J connectivity index is 1.96. The molecule has 0 N–H and O–H groups in total. The summed E-state index contributed by atoms with van der Waals surface area (Å²) < 4.78 is 5.43. The summed E-state index contributed by atoms with van der Waals surface area (Å²) in [5, 5.41) is 1.32. The van der Waals surface area contributed by atoms with Crippen LogP contribution in [0.25, 0.3) is 0 Å². The average molecular weight is 311 g/mol. The number of hydrogen-bond acceptors (Lipinski definition) is 4. The van der Waals surface area contributed by atoms with Crippen LogP contribution >= 0.6 is 22.9 Å². The Hall–Kier alpha value is -1.59. The lowest BCUT2D eigenvalue weighted by Gasteiger charge is -2.14. The van der Waals surface area contributed by atoms with Crippen molar-refractivity contribution in [3.05, 3.63) is 39.9 Å². The van der Waals surface area contributed by atoms with Gasteiger partial charge in [-0.05, 0) is 38.1 Å². The fourth-order valence-electron chi connectivity index (χ4n) is 1.48. The number of hydrogen-bond donors (Lipinski definition) is 0. The molecule has 0 aliphatic heterocycles. The maximum atomic E-state index is 12.0. The highest BCUT2D eigenvalue weighted by atomic mass is 35.5. The number of halogens is 1. The summed E-state index contributed by atoms with van der Waals surface area (Å²) in [6, 6.07) is 6.90. The minimum absolute atomic E-state index is 0.0319. The number of aryl methyl sites for hydroxylation is 2. The van der Waals surface area contributed by atoms with E-state index < -0.39 is 0 Å². The minimum Gasteiger partial charge on any atom is -0.484 e. The molecule has 0 saturated carbocycles. The molecule has 0 radical (unpaired) electrons. The fraction of sp³-hybridized carbons (Fsp3) is 0.286. The average Bonchev–Trinajstić information content (AvgIpc) is 2.77. The van der Waals surface area contributed by atoms with Gasteiger partial charge in [-0.2, -0.15) is 0 Å². The molecule has 6 heteroatoms. The number of benzene rings is 1. The zero-order chi connectivity index (χ0) is 14.7. The SMILES string of the molecule is Cc1nc(N(C)C(=O)COc2ccc(Cl)cc2)sc1C. The highest BCUT2D eigenvalue weighted by molar-refractivity contribution is 7.15. The predicted octanol–water partition coefficient (Wildman–Crippen LogP) is 3.46. The Labute approximate surface area is 127 Å². The Morgan fingerprint density at radius 2 is 2.00 bits per heavy atom. The Bertz CT molecular complexity index is 591. The molecule has 4 nitrogen and oxygen atoms in total. The monoisotopic (exact) mass is 310 g/mol. The van der Waals surface area contributed by atoms with E-state index in [1.807, 2.05) is 13.8 Å². The van der Waals surface area contributed by atoms with E-state index in [4.69, 9.17) is 16.3 Å². The number of nitrogens with zero attached hydrogens (tertiary/aromatic N) is 2. The van der Waals surface area contributed by atoms with Gasteiger partial charge >= 0.3 is 0 Å². The van der Waals surface area contributed by atoms with Crippen molar-refractivity contribution < 1.29 is 9.53 Å². The third-order valence-corrected chi connectivity index (χ3v) is 4.26. The third-order valence-electron chi connectivity index (χ3n) is 2.85. The van der Waals surface area contributed by atoms with Crippen molar-refractivity contribution >= 4 is 34.0 Å². The van der Waals surface area contributed by atoms with Crippen molar-refractivity contribution in [2.75, 3.05) is 18.6 Å². The summed E-state index contributed by atoms with van der Waals surface area (Å²) in [6.07, 6.45) is 0. The molecule has 0 aliphatic rings. The van der Waals surface area contributed by atoms with Gasteiger partial charge < -0.3 is 4.74 Å². The maximum Gasteiger partial charge on any atom is 0.266 e. The topological polar surface area (TPSA) is 42.4 Å². The van der Waals surface area contributed by atoms with Crippen molar-refractivity contribution in [3.8, 4) is 5.75 Å². The van der Waals surface area contributed by atoms with Gasteiger partial charge in [0.15, 0.2) is 11.7 Å². The molecule has 20 heavy (non-hydrogen) atoms. The first kappa shape index (κ1) is 14.8. The van der Waals surface area contributed by atoms with E-state index in [0.717, 1.165) is 10.6 Å². The summed E-state index contributed by atoms with van der Waals surface area (Å²) in [6.45, 7) is 3.88. The second-order valence-electron chi connectivity index (χ2n) is 4.33. The second kappa shape index (κ2) is 6.24. The summed E-state index contributed by atoms with van der Waals surface area (Å²) in [7, 11) is 1.70. The molecule has 1 aromatic heterocycles. The normalized spacial score (nSPS) is 10.4. The zero-order valence-electron chi connectivity index (χ0n) is 11.5. The summed E-state index contributed by atoms with van der Waals surface area (Å²) in [5.41, 5.74) is 0.947. The van der Waals surface area contributed by atoms with Gasteiger partial charge in [0.2, 0.25) is 0 Å². The highest BCUT2D eigenvalue weighted by Crippen LogP contribution is 2.24. The Morgan fingerprint density at radius 3 is 2.55 bits per heavy atom. The molecule has 2 rings (SSSR count). The number of anilines is 1. The van der Waals surface area contributed by atoms with Gasteiger partial charge in [-0.25, -0.2) is 4.98 Å². The van der Waals surface area contributed by atoms with Gasteiger partial charge in [0.05, 0.1) is 5.69 Å². The van der Waals surface area contributed by atoms with Crippen LogP contribution in [0.3, 0.4) is 0 Å². The number of likely N-dealkylation sites (N-methyl/N-ethyl adjacent to an activating group) is 1. The fourth-order valence-corrected chi connectivity index (χ4v) is 2.49. The van der Waals surface area contributed by atoms with Crippen LogP contribution in [-0.4, -0.2) is 24.5 Å². The van der Waals surface area contributed by atoms with Crippen molar-refractivity contribution in [2.24, 2.45) is 0 Å². The Morgan fingerprint density at radius 1 is 1.35 bits per heavy atom. The van der Waals surface area contributed by atoms with Crippen LogP contribution in [0.4, 0.5) is 5.13 Å². The first-order valence-corrected chi connectivity index (χ1v) is 7.26. The first-order chi connectivity index (χ1) is 9.47. The molecule has 2 aromatic rings. The second-order valence-corrected chi connectivity index (χ2v) is 5.95. The molecule has 1 amide bonds. The standard InChI is InChI=1S/C14H15ClN2O2S/c1-9-10(2)20-14(16-9)17(3)13(18)8-19-12-6-4-11(15)5-7-12/h4-7H,8H2,1-3H3. The molecule has 0 fully saturated rings. The molecule has 0 spiro atoms. The highest BCUT2D eigenvalue weighted by Gasteiger charge is 2.16. The smallest absolute Gasteiger partial charge is 0.266 e. The largest absolute Gasteiger partial charge is 0.484 e. The molecule has 0 aliphatic carbocycles. The van der Waals surface area contributed by atoms with Gasteiger partial charge in [-0.3, -0.25) is 9.69 Å². The Kier molecular flexibility index (Phi) is 4.62. The van der Waals surface area contributed by atoms with Crippen LogP contribution in [0.2, 0.25) is 5.02 Å². The quantitative estimate of drug-likeness (QED) is 0.868. The third kappa shape index (κ3) is 3.49. The molecular formula is C14H15ClN2O2S. The van der Waals surface area contributed by atoms with Crippen LogP contribution in [0.5, 0.6) is 5.75 Å². The summed E-state index contributed by atoms with van der Waals surface area (Å²) in [5.74, 6) is 0.469. The molecule has 0 atom stereocenters. The van der Waals surface area contributed by atoms with Gasteiger partial charge in [-0.1, -0.05) is 11.6 Å². The van der Waals surface area contributed by atoms with Gasteiger partial charge in [0.25, 0.3) is 5.91 Å². The summed E-state index contributed by atoms with van der Waals surface area (Å²) in [4.78, 5) is 19.0. The molecule has 1 heterocycles. The van der Waals surface area contributed by atoms with E-state index in [1.165, 1.54) is 16.2 Å². The van der Waals surface area contributed by atoms with Crippen molar-refractivity contribution in [1.82, 2.24) is 4.98 Å². The maximum absolute atomic E-state index is 12.0. The van der Waals surface area contributed by atoms with Crippen molar-refractivity contribution in [2.45, 2.75) is 13.8 Å². The van der Waals surface area contributed by atoms with Gasteiger partial charge in [0.1, 0.15) is 5.75 Å². The molecule has 0 unspecified atom stereocenters. The lowest BCUT2D eigenvalue weighted by molar-refractivity contribution is -0.120. The number of rotatable bonds is 4. The van der Waals surface area contributed by atoms with E-state index in [-0.39, 0.29) is 12.5 Å². The number of thiazole rings is 1. The summed E-state index contributed by atoms with van der Waals surface area (Å²) >= 11 is 7.28. The van der Waals surface area contributed by atoms with E-state index in [0.29, 0.717) is 15.9 Å². The predicted molar refractivity (Wildman–Crippen MR) is 81.9 cm³/mol. The zero-order valence-corrected chi connectivity index (χ0v) is 13.1. The van der Waals surface area contributed by atoms with Crippen LogP contribution < -0.4 is 9.64 Å². The molecular weight excluding hydrogens is 296 g/mol. The van der Waals surface area contributed by atoms with E-state index in [9.17, 15) is 4.79 Å². The first-order valence-electron chi connectivity index (χ1n) is 6.06. The van der Waals surface area contributed by atoms with Crippen molar-refractivity contribution in [1.29, 1.82) is 0 Å². The molecule has 1 aromatic carbocycles. The molecule has 0 saturated heterocycles. The van der Waals surface area contributed by atoms with Gasteiger partial charge in [-0.15, -0.1) is 11.3 Å².